The molecular formula is C12H23N5OS. The van der Waals surface area contributed by atoms with Crippen LogP contribution in [0.25, 0.3) is 0 Å². The molecule has 19 heavy (non-hydrogen) atoms. The highest BCUT2D eigenvalue weighted by atomic mass is 32.2. The van der Waals surface area contributed by atoms with Crippen molar-refractivity contribution in [3.63, 3.8) is 0 Å². The van der Waals surface area contributed by atoms with Gasteiger partial charge in [-0.3, -0.25) is 0 Å². The van der Waals surface area contributed by atoms with Crippen molar-refractivity contribution in [3.8, 4) is 0 Å². The first-order valence-electron chi connectivity index (χ1n) is 6.37. The Balaban J connectivity index is 2.32. The third-order valence-electron chi connectivity index (χ3n) is 2.43. The summed E-state index contributed by atoms with van der Waals surface area (Å²) in [5, 5.41) is 3.88. The zero-order chi connectivity index (χ0) is 14.1. The molecule has 0 aliphatic carbocycles. The summed E-state index contributed by atoms with van der Waals surface area (Å²) in [6.45, 7) is 6.56. The highest BCUT2D eigenvalue weighted by molar-refractivity contribution is 7.98. The molecule has 7 heteroatoms. The van der Waals surface area contributed by atoms with Crippen molar-refractivity contribution in [2.45, 2.75) is 25.4 Å². The van der Waals surface area contributed by atoms with Gasteiger partial charge in [0.1, 0.15) is 11.6 Å². The summed E-state index contributed by atoms with van der Waals surface area (Å²) in [6.07, 6.45) is 3.01. The molecule has 1 heterocycles. The van der Waals surface area contributed by atoms with E-state index in [4.69, 9.17) is 10.6 Å². The molecule has 4 N–H and O–H groups in total. The van der Waals surface area contributed by atoms with Crippen LogP contribution in [0.1, 0.15) is 20.3 Å². The lowest BCUT2D eigenvalue weighted by molar-refractivity contribution is 0.132. The molecule has 0 amide bonds. The van der Waals surface area contributed by atoms with Gasteiger partial charge in [-0.1, -0.05) is 25.6 Å². The number of ether oxygens (including phenoxy) is 1. The largest absolute Gasteiger partial charge is 0.380 e. The van der Waals surface area contributed by atoms with Gasteiger partial charge in [-0.05, 0) is 18.6 Å². The first-order valence-corrected chi connectivity index (χ1v) is 7.59. The van der Waals surface area contributed by atoms with E-state index in [9.17, 15) is 0 Å². The molecule has 108 valence electrons. The highest BCUT2D eigenvalue weighted by Crippen LogP contribution is 2.16. The molecule has 0 spiro atoms. The monoisotopic (exact) mass is 285 g/mol. The number of aromatic nitrogens is 2. The van der Waals surface area contributed by atoms with Crippen molar-refractivity contribution in [2.24, 2.45) is 11.8 Å². The van der Waals surface area contributed by atoms with Gasteiger partial charge < -0.3 is 15.5 Å². The van der Waals surface area contributed by atoms with Crippen molar-refractivity contribution >= 4 is 23.4 Å². The second-order valence-corrected chi connectivity index (χ2v) is 5.26. The van der Waals surface area contributed by atoms with Crippen molar-refractivity contribution in [1.29, 1.82) is 0 Å². The van der Waals surface area contributed by atoms with Crippen LogP contribution in [-0.2, 0) is 4.74 Å². The van der Waals surface area contributed by atoms with Crippen molar-refractivity contribution < 1.29 is 4.74 Å². The Morgan fingerprint density at radius 2 is 2.05 bits per heavy atom. The number of hydrogen-bond acceptors (Lipinski definition) is 7. The van der Waals surface area contributed by atoms with E-state index in [1.165, 1.54) is 11.8 Å². The Kier molecular flexibility index (Phi) is 7.54. The summed E-state index contributed by atoms with van der Waals surface area (Å²) in [6, 6.07) is 1.77. The summed E-state index contributed by atoms with van der Waals surface area (Å²) in [7, 11) is 0. The number of anilines is 2. The Morgan fingerprint density at radius 1 is 1.32 bits per heavy atom. The van der Waals surface area contributed by atoms with Gasteiger partial charge in [0.05, 0.1) is 6.61 Å². The van der Waals surface area contributed by atoms with Crippen LogP contribution < -0.4 is 16.6 Å². The normalized spacial score (nSPS) is 10.8. The van der Waals surface area contributed by atoms with Crippen molar-refractivity contribution in [1.82, 2.24) is 9.97 Å². The van der Waals surface area contributed by atoms with Crippen LogP contribution in [0.15, 0.2) is 11.2 Å². The van der Waals surface area contributed by atoms with Gasteiger partial charge in [0.2, 0.25) is 0 Å². The molecule has 1 aromatic rings. The SMILES string of the molecule is CSc1nc(NN)cc(NCCOCCC(C)C)n1. The fourth-order valence-corrected chi connectivity index (χ4v) is 1.73. The van der Waals surface area contributed by atoms with Crippen LogP contribution in [0.5, 0.6) is 0 Å². The van der Waals surface area contributed by atoms with Crippen molar-refractivity contribution in [2.75, 3.05) is 36.8 Å². The van der Waals surface area contributed by atoms with Crippen LogP contribution in [0.3, 0.4) is 0 Å². The summed E-state index contributed by atoms with van der Waals surface area (Å²) in [5.41, 5.74) is 2.53. The molecule has 0 bridgehead atoms. The van der Waals surface area contributed by atoms with E-state index >= 15 is 0 Å². The van der Waals surface area contributed by atoms with Crippen LogP contribution in [0.2, 0.25) is 0 Å². The number of thioether (sulfide) groups is 1. The molecule has 6 nitrogen and oxygen atoms in total. The van der Waals surface area contributed by atoms with Crippen molar-refractivity contribution in [3.05, 3.63) is 6.07 Å². The maximum Gasteiger partial charge on any atom is 0.191 e. The van der Waals surface area contributed by atoms with E-state index in [1.807, 2.05) is 6.26 Å². The fraction of sp³-hybridized carbons (Fsp3) is 0.667. The highest BCUT2D eigenvalue weighted by Gasteiger charge is 2.02. The summed E-state index contributed by atoms with van der Waals surface area (Å²) < 4.78 is 5.53. The Labute approximate surface area is 118 Å². The molecule has 0 fully saturated rings. The Hall–Kier alpha value is -1.05. The minimum atomic E-state index is 0.600. The molecule has 0 saturated carbocycles. The number of nitrogens with one attached hydrogen (secondary N) is 2. The summed E-state index contributed by atoms with van der Waals surface area (Å²) in [5.74, 6) is 7.39. The van der Waals surface area contributed by atoms with Crippen LogP contribution >= 0.6 is 11.8 Å². The lowest BCUT2D eigenvalue weighted by Gasteiger charge is -2.09. The molecule has 0 unspecified atom stereocenters. The second kappa shape index (κ2) is 8.95. The third-order valence-corrected chi connectivity index (χ3v) is 2.98. The lowest BCUT2D eigenvalue weighted by Crippen LogP contribution is -2.14. The molecular weight excluding hydrogens is 262 g/mol. The molecule has 0 saturated heterocycles. The molecule has 1 aromatic heterocycles. The predicted molar refractivity (Wildman–Crippen MR) is 80.4 cm³/mol. The average molecular weight is 285 g/mol. The van der Waals surface area contributed by atoms with Crippen LogP contribution in [0.4, 0.5) is 11.6 Å². The van der Waals surface area contributed by atoms with E-state index in [0.29, 0.717) is 30.0 Å². The van der Waals surface area contributed by atoms with E-state index in [1.54, 1.807) is 6.07 Å². The summed E-state index contributed by atoms with van der Waals surface area (Å²) >= 11 is 1.47. The second-order valence-electron chi connectivity index (χ2n) is 4.49. The minimum Gasteiger partial charge on any atom is -0.380 e. The van der Waals surface area contributed by atoms with Gasteiger partial charge in [-0.25, -0.2) is 15.8 Å². The minimum absolute atomic E-state index is 0.600. The number of nitrogens with zero attached hydrogens (tertiary/aromatic N) is 2. The van der Waals surface area contributed by atoms with E-state index < -0.39 is 0 Å². The smallest absolute Gasteiger partial charge is 0.191 e. The molecule has 0 aliphatic rings. The number of hydrazine groups is 1. The Morgan fingerprint density at radius 3 is 2.68 bits per heavy atom. The number of rotatable bonds is 9. The topological polar surface area (TPSA) is 85.1 Å². The molecule has 0 radical (unpaired) electrons. The number of nitrogen functional groups attached to an aromatic ring is 1. The fourth-order valence-electron chi connectivity index (χ4n) is 1.35. The molecule has 1 rings (SSSR count). The molecule has 0 aliphatic heterocycles. The predicted octanol–water partition coefficient (Wildman–Crippen LogP) is 1.96. The van der Waals surface area contributed by atoms with Gasteiger partial charge in [0.15, 0.2) is 5.16 Å². The zero-order valence-corrected chi connectivity index (χ0v) is 12.6. The number of nitrogens with two attached hydrogens (primary N) is 1. The average Bonchev–Trinajstić information content (AvgIpc) is 2.41. The number of hydrogen-bond donors (Lipinski definition) is 3. The third kappa shape index (κ3) is 6.60. The van der Waals surface area contributed by atoms with Gasteiger partial charge in [0, 0.05) is 19.2 Å². The van der Waals surface area contributed by atoms with Gasteiger partial charge in [-0.2, -0.15) is 0 Å². The van der Waals surface area contributed by atoms with Gasteiger partial charge in [0.25, 0.3) is 0 Å². The lowest BCUT2D eigenvalue weighted by atomic mass is 10.1. The standard InChI is InChI=1S/C12H23N5OS/c1-9(2)4-6-18-7-5-14-10-8-11(17-13)16-12(15-10)19-3/h8-9H,4-7,13H2,1-3H3,(H2,14,15,16,17). The van der Waals surface area contributed by atoms with Gasteiger partial charge in [-0.15, -0.1) is 0 Å². The summed E-state index contributed by atoms with van der Waals surface area (Å²) in [4.78, 5) is 8.53. The quantitative estimate of drug-likeness (QED) is 0.210. The maximum atomic E-state index is 5.53. The zero-order valence-electron chi connectivity index (χ0n) is 11.8. The molecule has 0 atom stereocenters. The van der Waals surface area contributed by atoms with E-state index in [2.05, 4.69) is 34.6 Å². The van der Waals surface area contributed by atoms with Crippen LogP contribution in [0, 0.1) is 5.92 Å². The van der Waals surface area contributed by atoms with E-state index in [0.717, 1.165) is 18.8 Å². The first kappa shape index (κ1) is 16.0. The Bertz CT molecular complexity index is 353. The first-order chi connectivity index (χ1) is 9.15. The molecule has 0 aromatic carbocycles. The van der Waals surface area contributed by atoms with Gasteiger partial charge >= 0.3 is 0 Å². The van der Waals surface area contributed by atoms with Crippen LogP contribution in [-0.4, -0.2) is 36.0 Å². The maximum absolute atomic E-state index is 5.53. The van der Waals surface area contributed by atoms with E-state index in [-0.39, 0.29) is 0 Å².